The fourth-order valence-electron chi connectivity index (χ4n) is 2.53. The van der Waals surface area contributed by atoms with E-state index in [4.69, 9.17) is 4.42 Å². The van der Waals surface area contributed by atoms with Crippen LogP contribution in [0.3, 0.4) is 0 Å². The summed E-state index contributed by atoms with van der Waals surface area (Å²) in [5.74, 6) is 1.32. The molecular weight excluding hydrogens is 288 g/mol. The van der Waals surface area contributed by atoms with E-state index >= 15 is 0 Å². The van der Waals surface area contributed by atoms with Crippen LogP contribution in [0.5, 0.6) is 0 Å². The van der Waals surface area contributed by atoms with Crippen LogP contribution in [0.2, 0.25) is 0 Å². The number of hydrogen-bond donors (Lipinski definition) is 1. The third-order valence-corrected chi connectivity index (χ3v) is 4.42. The van der Waals surface area contributed by atoms with E-state index in [1.54, 1.807) is 11.3 Å². The maximum absolute atomic E-state index is 11.9. The Morgan fingerprint density at radius 3 is 3.24 bits per heavy atom. The van der Waals surface area contributed by atoms with Crippen LogP contribution in [0, 0.1) is 0 Å². The van der Waals surface area contributed by atoms with Crippen LogP contribution < -0.4 is 5.32 Å². The van der Waals surface area contributed by atoms with Crippen molar-refractivity contribution < 1.29 is 9.21 Å². The fraction of sp³-hybridized carbons (Fsp3) is 0.500. The molecule has 2 aromatic heterocycles. The average Bonchev–Trinajstić information content (AvgIpc) is 3.18. The van der Waals surface area contributed by atoms with Crippen molar-refractivity contribution in [2.45, 2.75) is 25.7 Å². The topological polar surface area (TPSA) is 71.3 Å². The predicted octanol–water partition coefficient (Wildman–Crippen LogP) is 2.71. The molecule has 1 fully saturated rings. The highest BCUT2D eigenvalue weighted by atomic mass is 32.1. The SMILES string of the molecule is CCNC(=O)N1CCC[C@@H](c2nnc(-c3cccs3)o2)C1. The van der Waals surface area contributed by atoms with Gasteiger partial charge in [0.1, 0.15) is 0 Å². The number of nitrogens with one attached hydrogen (secondary N) is 1. The Morgan fingerprint density at radius 2 is 2.48 bits per heavy atom. The van der Waals surface area contributed by atoms with Crippen molar-refractivity contribution in [2.75, 3.05) is 19.6 Å². The summed E-state index contributed by atoms with van der Waals surface area (Å²) in [5, 5.41) is 13.1. The van der Waals surface area contributed by atoms with E-state index < -0.39 is 0 Å². The normalized spacial score (nSPS) is 18.7. The van der Waals surface area contributed by atoms with Crippen LogP contribution >= 0.6 is 11.3 Å². The van der Waals surface area contributed by atoms with Crippen molar-refractivity contribution >= 4 is 17.4 Å². The second kappa shape index (κ2) is 6.26. The molecule has 2 aromatic rings. The molecule has 1 atom stereocenters. The van der Waals surface area contributed by atoms with Gasteiger partial charge >= 0.3 is 6.03 Å². The summed E-state index contributed by atoms with van der Waals surface area (Å²) in [6, 6.07) is 3.91. The number of piperidine rings is 1. The standard InChI is InChI=1S/C14H18N4O2S/c1-2-15-14(19)18-7-3-5-10(9-18)12-16-17-13(20-12)11-6-4-8-21-11/h4,6,8,10H,2-3,5,7,9H2,1H3,(H,15,19)/t10-/m1/s1. The molecule has 2 amide bonds. The number of aromatic nitrogens is 2. The van der Waals surface area contributed by atoms with Gasteiger partial charge in [0, 0.05) is 19.6 Å². The average molecular weight is 306 g/mol. The first-order chi connectivity index (χ1) is 10.3. The Bertz CT molecular complexity index is 596. The number of nitrogens with zero attached hydrogens (tertiary/aromatic N) is 3. The van der Waals surface area contributed by atoms with Gasteiger partial charge in [0.05, 0.1) is 10.8 Å². The molecule has 0 aromatic carbocycles. The van der Waals surface area contributed by atoms with Crippen LogP contribution in [-0.2, 0) is 0 Å². The molecule has 1 aliphatic rings. The zero-order valence-electron chi connectivity index (χ0n) is 11.9. The lowest BCUT2D eigenvalue weighted by atomic mass is 9.98. The minimum Gasteiger partial charge on any atom is -0.420 e. The highest BCUT2D eigenvalue weighted by Gasteiger charge is 2.28. The van der Waals surface area contributed by atoms with E-state index in [2.05, 4.69) is 15.5 Å². The fourth-order valence-corrected chi connectivity index (χ4v) is 3.17. The first-order valence-electron chi connectivity index (χ1n) is 7.18. The lowest BCUT2D eigenvalue weighted by Crippen LogP contribution is -2.44. The zero-order chi connectivity index (χ0) is 14.7. The summed E-state index contributed by atoms with van der Waals surface area (Å²) >= 11 is 1.58. The van der Waals surface area contributed by atoms with E-state index in [1.807, 2.05) is 29.3 Å². The van der Waals surface area contributed by atoms with Gasteiger partial charge in [-0.1, -0.05) is 6.07 Å². The number of amides is 2. The van der Waals surface area contributed by atoms with E-state index in [0.29, 0.717) is 24.9 Å². The Labute approximate surface area is 127 Å². The van der Waals surface area contributed by atoms with Crippen molar-refractivity contribution in [1.29, 1.82) is 0 Å². The monoisotopic (exact) mass is 306 g/mol. The van der Waals surface area contributed by atoms with Gasteiger partial charge in [-0.25, -0.2) is 4.79 Å². The van der Waals surface area contributed by atoms with Gasteiger partial charge in [-0.2, -0.15) is 0 Å². The summed E-state index contributed by atoms with van der Waals surface area (Å²) in [7, 11) is 0. The number of thiophene rings is 1. The van der Waals surface area contributed by atoms with Crippen molar-refractivity contribution in [2.24, 2.45) is 0 Å². The first kappa shape index (κ1) is 14.1. The molecule has 1 aliphatic heterocycles. The molecule has 0 saturated carbocycles. The van der Waals surface area contributed by atoms with Gasteiger partial charge in [0.15, 0.2) is 0 Å². The largest absolute Gasteiger partial charge is 0.420 e. The predicted molar refractivity (Wildman–Crippen MR) is 80.2 cm³/mol. The molecule has 0 aliphatic carbocycles. The van der Waals surface area contributed by atoms with Crippen molar-refractivity contribution in [3.63, 3.8) is 0 Å². The Balaban J connectivity index is 1.70. The number of rotatable bonds is 3. The number of carbonyl (C=O) groups excluding carboxylic acids is 1. The summed E-state index contributed by atoms with van der Waals surface area (Å²) in [5.41, 5.74) is 0. The molecule has 0 radical (unpaired) electrons. The van der Waals surface area contributed by atoms with Crippen molar-refractivity contribution in [3.05, 3.63) is 23.4 Å². The molecule has 1 N–H and O–H groups in total. The third kappa shape index (κ3) is 3.07. The summed E-state index contributed by atoms with van der Waals surface area (Å²) < 4.78 is 5.79. The smallest absolute Gasteiger partial charge is 0.317 e. The Kier molecular flexibility index (Phi) is 4.19. The maximum atomic E-state index is 11.9. The highest BCUT2D eigenvalue weighted by Crippen LogP contribution is 2.29. The van der Waals surface area contributed by atoms with E-state index in [9.17, 15) is 4.79 Å². The molecule has 7 heteroatoms. The summed E-state index contributed by atoms with van der Waals surface area (Å²) in [6.45, 7) is 3.99. The number of hydrogen-bond acceptors (Lipinski definition) is 5. The highest BCUT2D eigenvalue weighted by molar-refractivity contribution is 7.13. The van der Waals surface area contributed by atoms with Gasteiger partial charge < -0.3 is 14.6 Å². The molecule has 0 bridgehead atoms. The van der Waals surface area contributed by atoms with Crippen LogP contribution in [-0.4, -0.2) is 40.8 Å². The number of likely N-dealkylation sites (tertiary alicyclic amines) is 1. The van der Waals surface area contributed by atoms with Crippen molar-refractivity contribution in [1.82, 2.24) is 20.4 Å². The van der Waals surface area contributed by atoms with Crippen LogP contribution in [0.4, 0.5) is 4.79 Å². The third-order valence-electron chi connectivity index (χ3n) is 3.56. The molecule has 6 nitrogen and oxygen atoms in total. The lowest BCUT2D eigenvalue weighted by Gasteiger charge is -2.30. The molecule has 3 heterocycles. The van der Waals surface area contributed by atoms with E-state index in [1.165, 1.54) is 0 Å². The summed E-state index contributed by atoms with van der Waals surface area (Å²) in [4.78, 5) is 14.7. The molecule has 21 heavy (non-hydrogen) atoms. The molecular formula is C14H18N4O2S. The van der Waals surface area contributed by atoms with Gasteiger partial charge in [-0.3, -0.25) is 0 Å². The van der Waals surface area contributed by atoms with Gasteiger partial charge in [-0.05, 0) is 31.2 Å². The number of urea groups is 1. The van der Waals surface area contributed by atoms with E-state index in [-0.39, 0.29) is 11.9 Å². The molecule has 112 valence electrons. The first-order valence-corrected chi connectivity index (χ1v) is 8.06. The lowest BCUT2D eigenvalue weighted by molar-refractivity contribution is 0.175. The second-order valence-electron chi connectivity index (χ2n) is 5.04. The Morgan fingerprint density at radius 1 is 1.57 bits per heavy atom. The molecule has 0 unspecified atom stereocenters. The Hall–Kier alpha value is -1.89. The van der Waals surface area contributed by atoms with Crippen LogP contribution in [0.15, 0.2) is 21.9 Å². The second-order valence-corrected chi connectivity index (χ2v) is 5.99. The quantitative estimate of drug-likeness (QED) is 0.946. The molecule has 0 spiro atoms. The van der Waals surface area contributed by atoms with Crippen LogP contribution in [0.1, 0.15) is 31.6 Å². The number of carbonyl (C=O) groups is 1. The van der Waals surface area contributed by atoms with Gasteiger partial charge in [-0.15, -0.1) is 21.5 Å². The van der Waals surface area contributed by atoms with Crippen LogP contribution in [0.25, 0.3) is 10.8 Å². The van der Waals surface area contributed by atoms with E-state index in [0.717, 1.165) is 24.3 Å². The van der Waals surface area contributed by atoms with Gasteiger partial charge in [0.25, 0.3) is 5.89 Å². The molecule has 3 rings (SSSR count). The maximum Gasteiger partial charge on any atom is 0.317 e. The summed E-state index contributed by atoms with van der Waals surface area (Å²) in [6.07, 6.45) is 1.93. The van der Waals surface area contributed by atoms with Crippen molar-refractivity contribution in [3.8, 4) is 10.8 Å². The molecule has 1 saturated heterocycles. The minimum absolute atomic E-state index is 0.0137. The minimum atomic E-state index is -0.0137. The van der Waals surface area contributed by atoms with Gasteiger partial charge in [0.2, 0.25) is 5.89 Å². The zero-order valence-corrected chi connectivity index (χ0v) is 12.7.